The van der Waals surface area contributed by atoms with Gasteiger partial charge < -0.3 is 23.7 Å². The van der Waals surface area contributed by atoms with Crippen LogP contribution in [0, 0.1) is 0 Å². The maximum Gasteiger partial charge on any atom is 0.182 e. The molecule has 0 aromatic heterocycles. The Balaban J connectivity index is 1.46. The minimum atomic E-state index is -0.370. The van der Waals surface area contributed by atoms with E-state index in [1.807, 2.05) is 18.2 Å². The van der Waals surface area contributed by atoms with Crippen LogP contribution in [0.25, 0.3) is 0 Å². The highest BCUT2D eigenvalue weighted by atomic mass is 16.7. The van der Waals surface area contributed by atoms with Crippen LogP contribution in [0.4, 0.5) is 0 Å². The van der Waals surface area contributed by atoms with Gasteiger partial charge >= 0.3 is 0 Å². The van der Waals surface area contributed by atoms with Gasteiger partial charge in [0.2, 0.25) is 0 Å². The maximum atomic E-state index is 6.41. The number of likely N-dealkylation sites (tertiary alicyclic amines) is 1. The fourth-order valence-corrected chi connectivity index (χ4v) is 4.49. The molecule has 6 nitrogen and oxygen atoms in total. The van der Waals surface area contributed by atoms with Crippen LogP contribution in [-0.4, -0.2) is 63.4 Å². The molecule has 3 aliphatic rings. The van der Waals surface area contributed by atoms with Crippen molar-refractivity contribution in [3.63, 3.8) is 0 Å². The first-order valence-electron chi connectivity index (χ1n) is 9.64. The summed E-state index contributed by atoms with van der Waals surface area (Å²) in [5.41, 5.74) is 0. The minimum Gasteiger partial charge on any atom is -0.493 e. The molecule has 0 bridgehead atoms. The predicted octanol–water partition coefficient (Wildman–Crippen LogP) is 2.84. The third kappa shape index (κ3) is 3.50. The van der Waals surface area contributed by atoms with Crippen molar-refractivity contribution in [2.45, 2.75) is 50.0 Å². The van der Waals surface area contributed by atoms with E-state index in [-0.39, 0.29) is 11.9 Å². The van der Waals surface area contributed by atoms with Crippen molar-refractivity contribution in [2.24, 2.45) is 0 Å². The lowest BCUT2D eigenvalue weighted by Crippen LogP contribution is -2.48. The molecule has 1 aliphatic carbocycles. The molecule has 144 valence electrons. The van der Waals surface area contributed by atoms with Gasteiger partial charge in [0.15, 0.2) is 17.3 Å². The number of hydrogen-bond acceptors (Lipinski definition) is 6. The van der Waals surface area contributed by atoms with Crippen molar-refractivity contribution in [3.05, 3.63) is 18.2 Å². The van der Waals surface area contributed by atoms with Crippen LogP contribution >= 0.6 is 0 Å². The molecule has 4 rings (SSSR count). The van der Waals surface area contributed by atoms with Gasteiger partial charge in [0, 0.05) is 25.1 Å². The Morgan fingerprint density at radius 3 is 2.58 bits per heavy atom. The summed E-state index contributed by atoms with van der Waals surface area (Å²) in [5.74, 6) is 1.88. The minimum absolute atomic E-state index is 0.179. The fourth-order valence-electron chi connectivity index (χ4n) is 4.49. The molecule has 2 saturated heterocycles. The van der Waals surface area contributed by atoms with E-state index < -0.39 is 0 Å². The average Bonchev–Trinajstić information content (AvgIpc) is 3.32. The largest absolute Gasteiger partial charge is 0.493 e. The highest BCUT2D eigenvalue weighted by Crippen LogP contribution is 2.37. The number of ether oxygens (including phenoxy) is 5. The van der Waals surface area contributed by atoms with Crippen LogP contribution in [0.1, 0.15) is 32.1 Å². The lowest BCUT2D eigenvalue weighted by molar-refractivity contribution is -0.148. The maximum absolute atomic E-state index is 6.41. The molecular weight excluding hydrogens is 334 g/mol. The first kappa shape index (κ1) is 17.9. The first-order valence-corrected chi connectivity index (χ1v) is 9.64. The van der Waals surface area contributed by atoms with Crippen molar-refractivity contribution in [1.29, 1.82) is 0 Å². The molecule has 6 heteroatoms. The highest BCUT2D eigenvalue weighted by molar-refractivity contribution is 5.45. The lowest BCUT2D eigenvalue weighted by Gasteiger charge is -2.38. The molecule has 3 fully saturated rings. The van der Waals surface area contributed by atoms with Crippen LogP contribution in [-0.2, 0) is 9.47 Å². The third-order valence-electron chi connectivity index (χ3n) is 5.82. The van der Waals surface area contributed by atoms with Gasteiger partial charge in [-0.15, -0.1) is 0 Å². The molecule has 26 heavy (non-hydrogen) atoms. The number of nitrogens with zero attached hydrogens (tertiary/aromatic N) is 1. The van der Waals surface area contributed by atoms with E-state index in [0.29, 0.717) is 25.0 Å². The van der Waals surface area contributed by atoms with E-state index >= 15 is 0 Å². The second-order valence-electron chi connectivity index (χ2n) is 7.35. The van der Waals surface area contributed by atoms with Gasteiger partial charge in [-0.3, -0.25) is 4.90 Å². The molecule has 0 unspecified atom stereocenters. The van der Waals surface area contributed by atoms with Crippen molar-refractivity contribution < 1.29 is 23.7 Å². The summed E-state index contributed by atoms with van der Waals surface area (Å²) in [4.78, 5) is 2.51. The van der Waals surface area contributed by atoms with E-state index in [2.05, 4.69) is 4.90 Å². The molecule has 0 radical (unpaired) electrons. The smallest absolute Gasteiger partial charge is 0.182 e. The molecule has 2 atom stereocenters. The van der Waals surface area contributed by atoms with Crippen LogP contribution < -0.4 is 14.2 Å². The second kappa shape index (κ2) is 7.62. The molecule has 2 aliphatic heterocycles. The molecular formula is C20H29NO5. The zero-order valence-electron chi connectivity index (χ0n) is 15.7. The summed E-state index contributed by atoms with van der Waals surface area (Å²) >= 11 is 0. The van der Waals surface area contributed by atoms with Crippen molar-refractivity contribution in [1.82, 2.24) is 4.90 Å². The van der Waals surface area contributed by atoms with Crippen LogP contribution in [0.3, 0.4) is 0 Å². The van der Waals surface area contributed by atoms with Gasteiger partial charge in [-0.2, -0.15) is 0 Å². The summed E-state index contributed by atoms with van der Waals surface area (Å²) in [6.07, 6.45) is 5.82. The van der Waals surface area contributed by atoms with E-state index in [1.54, 1.807) is 14.2 Å². The summed E-state index contributed by atoms with van der Waals surface area (Å²) in [5, 5.41) is 0. The molecule has 1 aromatic carbocycles. The molecule has 0 amide bonds. The fraction of sp³-hybridized carbons (Fsp3) is 0.700. The zero-order chi connectivity index (χ0) is 18.0. The lowest BCUT2D eigenvalue weighted by atomic mass is 9.91. The molecule has 1 aromatic rings. The van der Waals surface area contributed by atoms with Crippen molar-refractivity contribution >= 4 is 0 Å². The molecule has 2 heterocycles. The number of hydrogen-bond donors (Lipinski definition) is 0. The Labute approximate surface area is 155 Å². The summed E-state index contributed by atoms with van der Waals surface area (Å²) in [6, 6.07) is 6.18. The summed E-state index contributed by atoms with van der Waals surface area (Å²) in [7, 11) is 3.29. The summed E-state index contributed by atoms with van der Waals surface area (Å²) in [6.45, 7) is 3.29. The van der Waals surface area contributed by atoms with Gasteiger partial charge in [0.1, 0.15) is 11.9 Å². The van der Waals surface area contributed by atoms with E-state index in [0.717, 1.165) is 43.9 Å². The SMILES string of the molecule is COc1ccc(O[C@@H]2CCCC[C@H]2N2CCC3(C2)OCCO3)cc1OC. The first-order chi connectivity index (χ1) is 12.7. The van der Waals surface area contributed by atoms with Crippen LogP contribution in [0.2, 0.25) is 0 Å². The van der Waals surface area contributed by atoms with Gasteiger partial charge in [0.25, 0.3) is 0 Å². The number of rotatable bonds is 5. The van der Waals surface area contributed by atoms with Gasteiger partial charge in [-0.25, -0.2) is 0 Å². The van der Waals surface area contributed by atoms with E-state index in [1.165, 1.54) is 12.8 Å². The zero-order valence-corrected chi connectivity index (χ0v) is 15.7. The quantitative estimate of drug-likeness (QED) is 0.802. The molecule has 1 saturated carbocycles. The summed E-state index contributed by atoms with van der Waals surface area (Å²) < 4.78 is 28.9. The molecule has 0 N–H and O–H groups in total. The van der Waals surface area contributed by atoms with E-state index in [9.17, 15) is 0 Å². The number of methoxy groups -OCH3 is 2. The van der Waals surface area contributed by atoms with Gasteiger partial charge in [0.05, 0.1) is 34.0 Å². The van der Waals surface area contributed by atoms with Crippen LogP contribution in [0.5, 0.6) is 17.2 Å². The topological polar surface area (TPSA) is 49.4 Å². The van der Waals surface area contributed by atoms with E-state index in [4.69, 9.17) is 23.7 Å². The van der Waals surface area contributed by atoms with Crippen LogP contribution in [0.15, 0.2) is 18.2 Å². The Hall–Kier alpha value is -1.50. The van der Waals surface area contributed by atoms with Gasteiger partial charge in [-0.05, 0) is 31.4 Å². The second-order valence-corrected chi connectivity index (χ2v) is 7.35. The number of benzene rings is 1. The standard InChI is InChI=1S/C20H29NO5/c1-22-18-8-7-15(13-19(18)23-2)26-17-6-4-3-5-16(17)21-10-9-20(14-21)24-11-12-25-20/h7-8,13,16-17H,3-6,9-12,14H2,1-2H3/t16-,17-/m1/s1. The highest BCUT2D eigenvalue weighted by Gasteiger charge is 2.47. The Morgan fingerprint density at radius 2 is 1.81 bits per heavy atom. The third-order valence-corrected chi connectivity index (χ3v) is 5.82. The van der Waals surface area contributed by atoms with Gasteiger partial charge in [-0.1, -0.05) is 6.42 Å². The van der Waals surface area contributed by atoms with Crippen molar-refractivity contribution in [2.75, 3.05) is 40.5 Å². The Morgan fingerprint density at radius 1 is 1.04 bits per heavy atom. The predicted molar refractivity (Wildman–Crippen MR) is 97.0 cm³/mol. The van der Waals surface area contributed by atoms with Crippen molar-refractivity contribution in [3.8, 4) is 17.2 Å². The Bertz CT molecular complexity index is 616. The average molecular weight is 363 g/mol. The normalized spacial score (nSPS) is 28.4. The molecule has 1 spiro atoms. The Kier molecular flexibility index (Phi) is 5.25. The monoisotopic (exact) mass is 363 g/mol.